The van der Waals surface area contributed by atoms with Gasteiger partial charge in [-0.15, -0.1) is 0 Å². The van der Waals surface area contributed by atoms with Gasteiger partial charge in [0.25, 0.3) is 5.91 Å². The van der Waals surface area contributed by atoms with E-state index in [0.717, 1.165) is 16.5 Å². The van der Waals surface area contributed by atoms with Crippen LogP contribution in [0.15, 0.2) is 72.8 Å². The summed E-state index contributed by atoms with van der Waals surface area (Å²) in [6.07, 6.45) is 0. The monoisotopic (exact) mass is 426 g/mol. The molecule has 0 saturated carbocycles. The van der Waals surface area contributed by atoms with Crippen molar-refractivity contribution in [1.29, 1.82) is 0 Å². The second-order valence-corrected chi connectivity index (χ2v) is 7.25. The van der Waals surface area contributed by atoms with E-state index in [4.69, 9.17) is 14.5 Å². The summed E-state index contributed by atoms with van der Waals surface area (Å²) in [6, 6.07) is 21.8. The van der Waals surface area contributed by atoms with Crippen molar-refractivity contribution in [3.05, 3.63) is 89.5 Å². The Bertz CT molecular complexity index is 1330. The first kappa shape index (κ1) is 21.1. The van der Waals surface area contributed by atoms with Gasteiger partial charge >= 0.3 is 5.97 Å². The molecule has 0 unspecified atom stereocenters. The molecule has 4 rings (SSSR count). The van der Waals surface area contributed by atoms with E-state index in [9.17, 15) is 9.59 Å². The van der Waals surface area contributed by atoms with Gasteiger partial charge in [0.2, 0.25) is 0 Å². The van der Waals surface area contributed by atoms with Gasteiger partial charge in [-0.3, -0.25) is 4.79 Å². The second kappa shape index (κ2) is 8.89. The number of benzene rings is 3. The molecule has 4 aromatic rings. The highest BCUT2D eigenvalue weighted by molar-refractivity contribution is 6.13. The Morgan fingerprint density at radius 2 is 1.66 bits per heavy atom. The first-order chi connectivity index (χ1) is 15.5. The number of carbonyl (C=O) groups excluding carboxylic acids is 2. The van der Waals surface area contributed by atoms with Crippen LogP contribution in [-0.2, 0) is 4.74 Å². The molecule has 0 saturated heterocycles. The first-order valence-corrected chi connectivity index (χ1v) is 10.1. The minimum absolute atomic E-state index is 0.301. The fraction of sp³-hybridized carbons (Fsp3) is 0.115. The Balaban J connectivity index is 1.80. The lowest BCUT2D eigenvalue weighted by molar-refractivity contribution is 0.0600. The number of hydrogen-bond acceptors (Lipinski definition) is 5. The summed E-state index contributed by atoms with van der Waals surface area (Å²) < 4.78 is 10.3. The smallest absolute Gasteiger partial charge is 0.337 e. The molecule has 1 aromatic heterocycles. The third kappa shape index (κ3) is 4.03. The number of methoxy groups -OCH3 is 2. The lowest BCUT2D eigenvalue weighted by Crippen LogP contribution is -2.15. The fourth-order valence-electron chi connectivity index (χ4n) is 3.55. The molecule has 0 bridgehead atoms. The highest BCUT2D eigenvalue weighted by Gasteiger charge is 2.17. The number of carbonyl (C=O) groups is 2. The van der Waals surface area contributed by atoms with Crippen LogP contribution in [0.3, 0.4) is 0 Å². The van der Waals surface area contributed by atoms with Crippen LogP contribution < -0.4 is 10.1 Å². The number of fused-ring (bicyclic) bond motifs is 1. The second-order valence-electron chi connectivity index (χ2n) is 7.25. The quantitative estimate of drug-likeness (QED) is 0.441. The number of pyridine rings is 1. The number of aryl methyl sites for hydroxylation is 1. The molecular weight excluding hydrogens is 404 g/mol. The predicted octanol–water partition coefficient (Wildman–Crippen LogP) is 5.26. The molecule has 0 radical (unpaired) electrons. The molecule has 6 heteroatoms. The summed E-state index contributed by atoms with van der Waals surface area (Å²) >= 11 is 0. The van der Waals surface area contributed by atoms with Gasteiger partial charge in [0.15, 0.2) is 0 Å². The highest BCUT2D eigenvalue weighted by Crippen LogP contribution is 2.31. The normalized spacial score (nSPS) is 10.6. The van der Waals surface area contributed by atoms with Gasteiger partial charge in [-0.2, -0.15) is 0 Å². The van der Waals surface area contributed by atoms with Crippen molar-refractivity contribution in [2.24, 2.45) is 0 Å². The van der Waals surface area contributed by atoms with E-state index in [0.29, 0.717) is 33.8 Å². The average Bonchev–Trinajstić information content (AvgIpc) is 2.84. The van der Waals surface area contributed by atoms with Crippen molar-refractivity contribution in [3.8, 4) is 17.0 Å². The van der Waals surface area contributed by atoms with Crippen LogP contribution >= 0.6 is 0 Å². The Morgan fingerprint density at radius 1 is 0.906 bits per heavy atom. The van der Waals surface area contributed by atoms with E-state index in [1.165, 1.54) is 7.11 Å². The number of anilines is 1. The maximum atomic E-state index is 13.4. The van der Waals surface area contributed by atoms with Gasteiger partial charge in [0.1, 0.15) is 5.75 Å². The van der Waals surface area contributed by atoms with Gasteiger partial charge in [0, 0.05) is 16.6 Å². The molecule has 32 heavy (non-hydrogen) atoms. The summed E-state index contributed by atoms with van der Waals surface area (Å²) in [5, 5.41) is 3.67. The molecule has 160 valence electrons. The van der Waals surface area contributed by atoms with Crippen molar-refractivity contribution < 1.29 is 19.1 Å². The minimum Gasteiger partial charge on any atom is -0.496 e. The standard InChI is InChI=1S/C26H22N2O4/c1-16-12-13-17(26(30)32-3)14-22(16)28-25(29)20-15-23(19-9-5-7-11-24(19)31-2)27-21-10-6-4-8-18(20)21/h4-15H,1-3H3,(H,28,29). The molecule has 1 amide bonds. The first-order valence-electron chi connectivity index (χ1n) is 10.1. The van der Waals surface area contributed by atoms with Crippen LogP contribution in [0.4, 0.5) is 5.69 Å². The van der Waals surface area contributed by atoms with Crippen molar-refractivity contribution in [3.63, 3.8) is 0 Å². The van der Waals surface area contributed by atoms with Gasteiger partial charge in [0.05, 0.1) is 36.6 Å². The zero-order valence-electron chi connectivity index (χ0n) is 18.0. The zero-order valence-corrected chi connectivity index (χ0v) is 18.0. The number of nitrogens with zero attached hydrogens (tertiary/aromatic N) is 1. The van der Waals surface area contributed by atoms with E-state index in [1.807, 2.05) is 55.5 Å². The molecule has 0 fully saturated rings. The largest absolute Gasteiger partial charge is 0.496 e. The Kier molecular flexibility index (Phi) is 5.85. The number of hydrogen-bond donors (Lipinski definition) is 1. The van der Waals surface area contributed by atoms with Gasteiger partial charge < -0.3 is 14.8 Å². The van der Waals surface area contributed by atoms with E-state index in [2.05, 4.69) is 5.32 Å². The third-order valence-corrected chi connectivity index (χ3v) is 5.25. The molecule has 0 aliphatic carbocycles. The lowest BCUT2D eigenvalue weighted by atomic mass is 10.0. The van der Waals surface area contributed by atoms with Gasteiger partial charge in [-0.1, -0.05) is 36.4 Å². The maximum absolute atomic E-state index is 13.4. The van der Waals surface area contributed by atoms with Crippen molar-refractivity contribution >= 4 is 28.5 Å². The zero-order chi connectivity index (χ0) is 22.7. The Labute approximate surface area is 185 Å². The molecule has 1 N–H and O–H groups in total. The number of rotatable bonds is 5. The number of ether oxygens (including phenoxy) is 2. The van der Waals surface area contributed by atoms with E-state index < -0.39 is 5.97 Å². The van der Waals surface area contributed by atoms with Crippen LogP contribution in [0.2, 0.25) is 0 Å². The van der Waals surface area contributed by atoms with E-state index in [-0.39, 0.29) is 5.91 Å². The fourth-order valence-corrected chi connectivity index (χ4v) is 3.55. The molecular formula is C26H22N2O4. The lowest BCUT2D eigenvalue weighted by Gasteiger charge is -2.14. The van der Waals surface area contributed by atoms with Crippen LogP contribution in [0.1, 0.15) is 26.3 Å². The minimum atomic E-state index is -0.465. The molecule has 1 heterocycles. The van der Waals surface area contributed by atoms with Gasteiger partial charge in [-0.25, -0.2) is 9.78 Å². The SMILES string of the molecule is COC(=O)c1ccc(C)c(NC(=O)c2cc(-c3ccccc3OC)nc3ccccc23)c1. The number of para-hydroxylation sites is 2. The maximum Gasteiger partial charge on any atom is 0.337 e. The molecule has 0 atom stereocenters. The van der Waals surface area contributed by atoms with E-state index in [1.54, 1.807) is 31.4 Å². The topological polar surface area (TPSA) is 77.5 Å². The summed E-state index contributed by atoms with van der Waals surface area (Å²) in [5.74, 6) is -0.0959. The van der Waals surface area contributed by atoms with Crippen LogP contribution in [0.25, 0.3) is 22.2 Å². The van der Waals surface area contributed by atoms with E-state index >= 15 is 0 Å². The molecule has 0 spiro atoms. The highest BCUT2D eigenvalue weighted by atomic mass is 16.5. The van der Waals surface area contributed by atoms with Gasteiger partial charge in [-0.05, 0) is 48.9 Å². The molecule has 3 aromatic carbocycles. The van der Waals surface area contributed by atoms with Crippen molar-refractivity contribution in [1.82, 2.24) is 4.98 Å². The number of nitrogens with one attached hydrogen (secondary N) is 1. The predicted molar refractivity (Wildman–Crippen MR) is 124 cm³/mol. The summed E-state index contributed by atoms with van der Waals surface area (Å²) in [4.78, 5) is 30.0. The third-order valence-electron chi connectivity index (χ3n) is 5.25. The summed E-state index contributed by atoms with van der Waals surface area (Å²) in [5.41, 5.74) is 4.32. The Hall–Kier alpha value is -4.19. The summed E-state index contributed by atoms with van der Waals surface area (Å²) in [6.45, 7) is 1.86. The number of amides is 1. The molecule has 0 aliphatic heterocycles. The van der Waals surface area contributed by atoms with Crippen LogP contribution in [-0.4, -0.2) is 31.1 Å². The van der Waals surface area contributed by atoms with Crippen LogP contribution in [0, 0.1) is 6.92 Å². The van der Waals surface area contributed by atoms with Crippen molar-refractivity contribution in [2.75, 3.05) is 19.5 Å². The summed E-state index contributed by atoms with van der Waals surface area (Å²) in [7, 11) is 2.92. The number of esters is 1. The van der Waals surface area contributed by atoms with Crippen molar-refractivity contribution in [2.45, 2.75) is 6.92 Å². The average molecular weight is 426 g/mol. The molecule has 0 aliphatic rings. The number of aromatic nitrogens is 1. The Morgan fingerprint density at radius 3 is 2.44 bits per heavy atom. The van der Waals surface area contributed by atoms with Crippen LogP contribution in [0.5, 0.6) is 5.75 Å². The molecule has 6 nitrogen and oxygen atoms in total.